The number of nitrogens with one attached hydrogen (secondary N) is 2. The van der Waals surface area contributed by atoms with Crippen LogP contribution in [0.3, 0.4) is 0 Å². The Morgan fingerprint density at radius 2 is 2.29 bits per heavy atom. The van der Waals surface area contributed by atoms with Crippen LogP contribution in [0.5, 0.6) is 0 Å². The van der Waals surface area contributed by atoms with Gasteiger partial charge >= 0.3 is 0 Å². The maximum Gasteiger partial charge on any atom is 0.261 e. The highest BCUT2D eigenvalue weighted by Crippen LogP contribution is 1.95. The average molecular weight is 208 g/mol. The highest BCUT2D eigenvalue weighted by atomic mass is 19.3. The number of hydrogen-bond donors (Lipinski definition) is 2. The molecule has 0 atom stereocenters. The van der Waals surface area contributed by atoms with E-state index in [2.05, 4.69) is 15.4 Å². The molecule has 1 amide bonds. The SMILES string of the molecule is O=C(CCOCC(F)F)NC1CNC1. The number of halogens is 2. The fourth-order valence-electron chi connectivity index (χ4n) is 1.03. The first-order chi connectivity index (χ1) is 6.68. The van der Waals surface area contributed by atoms with Crippen molar-refractivity contribution in [1.29, 1.82) is 0 Å². The molecule has 0 aromatic rings. The average Bonchev–Trinajstić information content (AvgIpc) is 2.05. The quantitative estimate of drug-likeness (QED) is 0.592. The highest BCUT2D eigenvalue weighted by molar-refractivity contribution is 5.76. The Bertz CT molecular complexity index is 186. The van der Waals surface area contributed by atoms with Gasteiger partial charge in [-0.25, -0.2) is 8.78 Å². The lowest BCUT2D eigenvalue weighted by Crippen LogP contribution is -2.57. The fraction of sp³-hybridized carbons (Fsp3) is 0.875. The zero-order chi connectivity index (χ0) is 10.4. The summed E-state index contributed by atoms with van der Waals surface area (Å²) < 4.78 is 27.8. The number of hydrogen-bond acceptors (Lipinski definition) is 3. The largest absolute Gasteiger partial charge is 0.375 e. The molecule has 0 unspecified atom stereocenters. The molecule has 1 saturated heterocycles. The second kappa shape index (κ2) is 5.87. The van der Waals surface area contributed by atoms with Crippen LogP contribution < -0.4 is 10.6 Å². The number of carbonyl (C=O) groups excluding carboxylic acids is 1. The van der Waals surface area contributed by atoms with Gasteiger partial charge in [-0.2, -0.15) is 0 Å². The third-order valence-electron chi connectivity index (χ3n) is 1.86. The number of ether oxygens (including phenoxy) is 1. The summed E-state index contributed by atoms with van der Waals surface area (Å²) in [5, 5.41) is 5.74. The van der Waals surface area contributed by atoms with Crippen molar-refractivity contribution in [2.45, 2.75) is 18.9 Å². The normalized spacial score (nSPS) is 16.8. The zero-order valence-corrected chi connectivity index (χ0v) is 7.76. The lowest BCUT2D eigenvalue weighted by molar-refractivity contribution is -0.123. The molecule has 0 saturated carbocycles. The summed E-state index contributed by atoms with van der Waals surface area (Å²) in [4.78, 5) is 11.1. The Kier molecular flexibility index (Phi) is 4.75. The van der Waals surface area contributed by atoms with Crippen LogP contribution >= 0.6 is 0 Å². The molecule has 1 fully saturated rings. The van der Waals surface area contributed by atoms with Gasteiger partial charge in [0.15, 0.2) is 0 Å². The Hall–Kier alpha value is -0.750. The minimum absolute atomic E-state index is 0.0519. The summed E-state index contributed by atoms with van der Waals surface area (Å²) in [7, 11) is 0. The minimum Gasteiger partial charge on any atom is -0.375 e. The topological polar surface area (TPSA) is 50.4 Å². The Labute approximate surface area is 81.0 Å². The van der Waals surface area contributed by atoms with Gasteiger partial charge in [0.25, 0.3) is 6.43 Å². The van der Waals surface area contributed by atoms with Gasteiger partial charge in [-0.05, 0) is 0 Å². The van der Waals surface area contributed by atoms with Crippen molar-refractivity contribution in [3.8, 4) is 0 Å². The van der Waals surface area contributed by atoms with Crippen LogP contribution in [0, 0.1) is 0 Å². The molecule has 6 heteroatoms. The van der Waals surface area contributed by atoms with E-state index in [4.69, 9.17) is 0 Å². The molecule has 1 heterocycles. The first kappa shape index (κ1) is 11.3. The molecule has 0 aromatic heterocycles. The standard InChI is InChI=1S/C8H14F2N2O2/c9-7(10)5-14-2-1-8(13)12-6-3-11-4-6/h6-7,11H,1-5H2,(H,12,13). The summed E-state index contributed by atoms with van der Waals surface area (Å²) in [6.45, 7) is 1.02. The van der Waals surface area contributed by atoms with Crippen molar-refractivity contribution >= 4 is 5.91 Å². The molecule has 2 N–H and O–H groups in total. The number of rotatable bonds is 6. The Morgan fingerprint density at radius 1 is 1.57 bits per heavy atom. The van der Waals surface area contributed by atoms with Crippen molar-refractivity contribution in [3.05, 3.63) is 0 Å². The third-order valence-corrected chi connectivity index (χ3v) is 1.86. The van der Waals surface area contributed by atoms with E-state index in [9.17, 15) is 13.6 Å². The first-order valence-electron chi connectivity index (χ1n) is 4.54. The molecule has 0 radical (unpaired) electrons. The predicted molar refractivity (Wildman–Crippen MR) is 46.2 cm³/mol. The predicted octanol–water partition coefficient (Wildman–Crippen LogP) is -0.254. The van der Waals surface area contributed by atoms with Crippen molar-refractivity contribution < 1.29 is 18.3 Å². The van der Waals surface area contributed by atoms with Gasteiger partial charge in [-0.15, -0.1) is 0 Å². The van der Waals surface area contributed by atoms with E-state index in [-0.39, 0.29) is 25.0 Å². The van der Waals surface area contributed by atoms with Crippen molar-refractivity contribution in [2.75, 3.05) is 26.3 Å². The van der Waals surface area contributed by atoms with E-state index in [1.807, 2.05) is 0 Å². The van der Waals surface area contributed by atoms with Crippen LogP contribution in [0.15, 0.2) is 0 Å². The summed E-state index contributed by atoms with van der Waals surface area (Å²) in [5.41, 5.74) is 0. The minimum atomic E-state index is -2.46. The molecule has 1 aliphatic heterocycles. The van der Waals surface area contributed by atoms with Crippen LogP contribution in [-0.2, 0) is 9.53 Å². The highest BCUT2D eigenvalue weighted by Gasteiger charge is 2.18. The van der Waals surface area contributed by atoms with Gasteiger partial charge in [-0.3, -0.25) is 4.79 Å². The van der Waals surface area contributed by atoms with Crippen molar-refractivity contribution in [1.82, 2.24) is 10.6 Å². The van der Waals surface area contributed by atoms with Crippen LogP contribution in [-0.4, -0.2) is 44.7 Å². The summed E-state index contributed by atoms with van der Waals surface area (Å²) >= 11 is 0. The van der Waals surface area contributed by atoms with Gasteiger partial charge in [0.2, 0.25) is 5.91 Å². The number of alkyl halides is 2. The van der Waals surface area contributed by atoms with Crippen LogP contribution in [0.25, 0.3) is 0 Å². The Morgan fingerprint density at radius 3 is 2.79 bits per heavy atom. The monoisotopic (exact) mass is 208 g/mol. The van der Waals surface area contributed by atoms with Gasteiger partial charge in [-0.1, -0.05) is 0 Å². The van der Waals surface area contributed by atoms with E-state index in [1.165, 1.54) is 0 Å². The van der Waals surface area contributed by atoms with Crippen LogP contribution in [0.1, 0.15) is 6.42 Å². The molecule has 1 rings (SSSR count). The van der Waals surface area contributed by atoms with E-state index in [0.29, 0.717) is 0 Å². The lowest BCUT2D eigenvalue weighted by atomic mass is 10.2. The Balaban J connectivity index is 1.92. The van der Waals surface area contributed by atoms with Crippen molar-refractivity contribution in [3.63, 3.8) is 0 Å². The smallest absolute Gasteiger partial charge is 0.261 e. The molecular weight excluding hydrogens is 194 g/mol. The lowest BCUT2D eigenvalue weighted by Gasteiger charge is -2.27. The van der Waals surface area contributed by atoms with E-state index in [1.54, 1.807) is 0 Å². The maximum atomic E-state index is 11.6. The van der Waals surface area contributed by atoms with Crippen LogP contribution in [0.4, 0.5) is 8.78 Å². The third kappa shape index (κ3) is 4.48. The van der Waals surface area contributed by atoms with Gasteiger partial charge in [0.05, 0.1) is 12.6 Å². The maximum absolute atomic E-state index is 11.6. The van der Waals surface area contributed by atoms with Gasteiger partial charge in [0, 0.05) is 19.5 Å². The summed E-state index contributed by atoms with van der Waals surface area (Å²) in [5.74, 6) is -0.147. The molecule has 4 nitrogen and oxygen atoms in total. The molecule has 0 bridgehead atoms. The van der Waals surface area contributed by atoms with Crippen LogP contribution in [0.2, 0.25) is 0 Å². The number of amides is 1. The van der Waals surface area contributed by atoms with Crippen molar-refractivity contribution in [2.24, 2.45) is 0 Å². The first-order valence-corrected chi connectivity index (χ1v) is 4.54. The fourth-order valence-corrected chi connectivity index (χ4v) is 1.03. The summed E-state index contributed by atoms with van der Waals surface area (Å²) in [6.07, 6.45) is -2.32. The second-order valence-electron chi connectivity index (χ2n) is 3.14. The van der Waals surface area contributed by atoms with E-state index < -0.39 is 13.0 Å². The second-order valence-corrected chi connectivity index (χ2v) is 3.14. The van der Waals surface area contributed by atoms with E-state index in [0.717, 1.165) is 13.1 Å². The zero-order valence-electron chi connectivity index (χ0n) is 7.76. The van der Waals surface area contributed by atoms with E-state index >= 15 is 0 Å². The molecule has 14 heavy (non-hydrogen) atoms. The van der Waals surface area contributed by atoms with Gasteiger partial charge < -0.3 is 15.4 Å². The van der Waals surface area contributed by atoms with Gasteiger partial charge in [0.1, 0.15) is 6.61 Å². The molecule has 1 aliphatic rings. The molecule has 0 aliphatic carbocycles. The molecular formula is C8H14F2N2O2. The summed E-state index contributed by atoms with van der Waals surface area (Å²) in [6, 6.07) is 0.192. The molecule has 82 valence electrons. The molecule has 0 aromatic carbocycles. The number of carbonyl (C=O) groups is 1. The molecule has 0 spiro atoms.